The first-order valence-electron chi connectivity index (χ1n) is 7.44. The molecule has 0 bridgehead atoms. The van der Waals surface area contributed by atoms with Gasteiger partial charge >= 0.3 is 0 Å². The molecule has 0 saturated carbocycles. The molecule has 1 N–H and O–H groups in total. The van der Waals surface area contributed by atoms with Gasteiger partial charge in [0.1, 0.15) is 0 Å². The quantitative estimate of drug-likeness (QED) is 0.519. The third kappa shape index (κ3) is 3.46. The highest BCUT2D eigenvalue weighted by molar-refractivity contribution is 6.33. The minimum Gasteiger partial charge on any atom is -0.319 e. The smallest absolute Gasteiger partial charge is 0.0748 e. The van der Waals surface area contributed by atoms with Crippen molar-refractivity contribution in [1.82, 2.24) is 4.57 Å². The van der Waals surface area contributed by atoms with E-state index in [0.717, 1.165) is 16.9 Å². The van der Waals surface area contributed by atoms with E-state index in [1.165, 1.54) is 11.4 Å². The fourth-order valence-corrected chi connectivity index (χ4v) is 2.69. The van der Waals surface area contributed by atoms with Crippen LogP contribution in [0.15, 0.2) is 65.8 Å². The third-order valence-corrected chi connectivity index (χ3v) is 4.02. The Morgan fingerprint density at radius 2 is 1.57 bits per heavy atom. The predicted octanol–water partition coefficient (Wildman–Crippen LogP) is 5.19. The normalized spacial score (nSPS) is 11.1. The topological polar surface area (TPSA) is 29.3 Å². The second-order valence-electron chi connectivity index (χ2n) is 5.39. The number of hydrogen-bond donors (Lipinski definition) is 1. The Bertz CT molecular complexity index is 813. The number of aromatic nitrogens is 1. The van der Waals surface area contributed by atoms with Gasteiger partial charge in [-0.25, -0.2) is 0 Å². The molecule has 0 saturated heterocycles. The lowest BCUT2D eigenvalue weighted by Gasteiger charge is -2.09. The van der Waals surface area contributed by atoms with Crippen molar-refractivity contribution in [2.75, 3.05) is 5.43 Å². The van der Waals surface area contributed by atoms with Crippen LogP contribution in [0.2, 0.25) is 5.02 Å². The summed E-state index contributed by atoms with van der Waals surface area (Å²) in [6.07, 6.45) is 1.78. The SMILES string of the molecule is Cc1ccc(C)n1-c1ccc(/C=N/Nc2ccccc2Cl)cc1. The molecule has 0 aliphatic carbocycles. The Kier molecular flexibility index (Phi) is 4.49. The van der Waals surface area contributed by atoms with Gasteiger partial charge in [0.2, 0.25) is 0 Å². The van der Waals surface area contributed by atoms with E-state index in [9.17, 15) is 0 Å². The maximum atomic E-state index is 6.07. The van der Waals surface area contributed by atoms with Gasteiger partial charge in [-0.15, -0.1) is 0 Å². The van der Waals surface area contributed by atoms with Crippen molar-refractivity contribution in [1.29, 1.82) is 0 Å². The van der Waals surface area contributed by atoms with Gasteiger partial charge in [0.05, 0.1) is 16.9 Å². The zero-order chi connectivity index (χ0) is 16.2. The van der Waals surface area contributed by atoms with Gasteiger partial charge in [0.15, 0.2) is 0 Å². The highest BCUT2D eigenvalue weighted by Crippen LogP contribution is 2.20. The van der Waals surface area contributed by atoms with Crippen LogP contribution in [0.25, 0.3) is 5.69 Å². The predicted molar refractivity (Wildman–Crippen MR) is 97.9 cm³/mol. The maximum absolute atomic E-state index is 6.07. The zero-order valence-corrected chi connectivity index (χ0v) is 13.9. The second-order valence-corrected chi connectivity index (χ2v) is 5.80. The first-order chi connectivity index (χ1) is 11.1. The van der Waals surface area contributed by atoms with Crippen LogP contribution in [-0.2, 0) is 0 Å². The number of hydrogen-bond acceptors (Lipinski definition) is 2. The largest absolute Gasteiger partial charge is 0.319 e. The third-order valence-electron chi connectivity index (χ3n) is 3.69. The highest BCUT2D eigenvalue weighted by atomic mass is 35.5. The fraction of sp³-hybridized carbons (Fsp3) is 0.105. The number of benzene rings is 2. The molecule has 2 aromatic carbocycles. The molecule has 0 atom stereocenters. The molecule has 0 radical (unpaired) electrons. The van der Waals surface area contributed by atoms with Gasteiger partial charge in [0.25, 0.3) is 0 Å². The Balaban J connectivity index is 1.73. The first kappa shape index (κ1) is 15.4. The Morgan fingerprint density at radius 3 is 2.22 bits per heavy atom. The summed E-state index contributed by atoms with van der Waals surface area (Å²) in [7, 11) is 0. The van der Waals surface area contributed by atoms with E-state index in [1.807, 2.05) is 36.4 Å². The average Bonchev–Trinajstić information content (AvgIpc) is 2.89. The number of hydrazone groups is 1. The van der Waals surface area contributed by atoms with Crippen LogP contribution in [0.5, 0.6) is 0 Å². The lowest BCUT2D eigenvalue weighted by Crippen LogP contribution is -1.98. The molecule has 1 heterocycles. The van der Waals surface area contributed by atoms with Crippen LogP contribution in [-0.4, -0.2) is 10.8 Å². The van der Waals surface area contributed by atoms with E-state index in [-0.39, 0.29) is 0 Å². The van der Waals surface area contributed by atoms with Crippen LogP contribution >= 0.6 is 11.6 Å². The van der Waals surface area contributed by atoms with E-state index in [4.69, 9.17) is 11.6 Å². The summed E-state index contributed by atoms with van der Waals surface area (Å²) in [6.45, 7) is 4.21. The van der Waals surface area contributed by atoms with Crippen LogP contribution < -0.4 is 5.43 Å². The average molecular weight is 324 g/mol. The Labute approximate surface area is 141 Å². The number of aryl methyl sites for hydroxylation is 2. The number of nitrogens with zero attached hydrogens (tertiary/aromatic N) is 2. The van der Waals surface area contributed by atoms with E-state index >= 15 is 0 Å². The van der Waals surface area contributed by atoms with Crippen LogP contribution in [0, 0.1) is 13.8 Å². The van der Waals surface area contributed by atoms with E-state index in [1.54, 1.807) is 6.21 Å². The van der Waals surface area contributed by atoms with Crippen LogP contribution in [0.4, 0.5) is 5.69 Å². The van der Waals surface area contributed by atoms with Crippen molar-refractivity contribution in [2.45, 2.75) is 13.8 Å². The molecule has 3 nitrogen and oxygen atoms in total. The number of para-hydroxylation sites is 1. The van der Waals surface area contributed by atoms with Gasteiger partial charge in [-0.2, -0.15) is 5.10 Å². The number of anilines is 1. The van der Waals surface area contributed by atoms with Gasteiger partial charge in [-0.3, -0.25) is 5.43 Å². The fourth-order valence-electron chi connectivity index (χ4n) is 2.51. The lowest BCUT2D eigenvalue weighted by molar-refractivity contribution is 0.966. The van der Waals surface area contributed by atoms with Gasteiger partial charge in [-0.05, 0) is 55.8 Å². The highest BCUT2D eigenvalue weighted by Gasteiger charge is 2.03. The molecule has 0 spiro atoms. The minimum atomic E-state index is 0.651. The van der Waals surface area contributed by atoms with Crippen molar-refractivity contribution in [3.63, 3.8) is 0 Å². The maximum Gasteiger partial charge on any atom is 0.0748 e. The molecule has 3 aromatic rings. The Morgan fingerprint density at radius 1 is 0.913 bits per heavy atom. The number of rotatable bonds is 4. The molecule has 0 amide bonds. The molecule has 0 fully saturated rings. The van der Waals surface area contributed by atoms with Crippen LogP contribution in [0.3, 0.4) is 0 Å². The number of halogens is 1. The summed E-state index contributed by atoms with van der Waals surface area (Å²) in [5, 5.41) is 4.89. The summed E-state index contributed by atoms with van der Waals surface area (Å²) in [5.41, 5.74) is 8.38. The Hall–Kier alpha value is -2.52. The zero-order valence-electron chi connectivity index (χ0n) is 13.1. The van der Waals surface area contributed by atoms with Crippen LogP contribution in [0.1, 0.15) is 17.0 Å². The molecule has 4 heteroatoms. The van der Waals surface area contributed by atoms with E-state index in [2.05, 4.69) is 53.2 Å². The van der Waals surface area contributed by atoms with Gasteiger partial charge in [0, 0.05) is 17.1 Å². The molecule has 3 rings (SSSR count). The van der Waals surface area contributed by atoms with E-state index < -0.39 is 0 Å². The molecular weight excluding hydrogens is 306 g/mol. The molecule has 1 aromatic heterocycles. The first-order valence-corrected chi connectivity index (χ1v) is 7.82. The van der Waals surface area contributed by atoms with Gasteiger partial charge in [-0.1, -0.05) is 35.9 Å². The summed E-state index contributed by atoms with van der Waals surface area (Å²) in [4.78, 5) is 0. The summed E-state index contributed by atoms with van der Waals surface area (Å²) in [6, 6.07) is 20.1. The summed E-state index contributed by atoms with van der Waals surface area (Å²) < 4.78 is 2.23. The monoisotopic (exact) mass is 323 g/mol. The molecular formula is C19H18ClN3. The van der Waals surface area contributed by atoms with Crippen molar-refractivity contribution in [3.05, 3.63) is 82.6 Å². The summed E-state index contributed by atoms with van der Waals surface area (Å²) in [5.74, 6) is 0. The lowest BCUT2D eigenvalue weighted by atomic mass is 10.2. The minimum absolute atomic E-state index is 0.651. The molecule has 0 unspecified atom stereocenters. The molecule has 0 aliphatic heterocycles. The number of nitrogens with one attached hydrogen (secondary N) is 1. The van der Waals surface area contributed by atoms with Crippen molar-refractivity contribution in [2.24, 2.45) is 5.10 Å². The molecule has 23 heavy (non-hydrogen) atoms. The van der Waals surface area contributed by atoms with Gasteiger partial charge < -0.3 is 4.57 Å². The summed E-state index contributed by atoms with van der Waals surface area (Å²) >= 11 is 6.07. The van der Waals surface area contributed by atoms with Crippen molar-refractivity contribution < 1.29 is 0 Å². The molecule has 116 valence electrons. The molecule has 0 aliphatic rings. The van der Waals surface area contributed by atoms with Crippen molar-refractivity contribution in [3.8, 4) is 5.69 Å². The van der Waals surface area contributed by atoms with Crippen molar-refractivity contribution >= 4 is 23.5 Å². The second kappa shape index (κ2) is 6.71. The standard InChI is InChI=1S/C19H18ClN3/c1-14-7-8-15(2)23(14)17-11-9-16(10-12-17)13-21-22-19-6-4-3-5-18(19)20/h3-13,22H,1-2H3/b21-13+. The van der Waals surface area contributed by atoms with E-state index in [0.29, 0.717) is 5.02 Å².